The molecule has 1 aromatic rings. The van der Waals surface area contributed by atoms with Crippen LogP contribution >= 0.6 is 0 Å². The molecule has 2 rings (SSSR count). The Morgan fingerprint density at radius 3 is 2.37 bits per heavy atom. The van der Waals surface area contributed by atoms with E-state index in [9.17, 15) is 20.1 Å². The second-order valence-electron chi connectivity index (χ2n) is 5.55. The van der Waals surface area contributed by atoms with E-state index in [4.69, 9.17) is 0 Å². The average molecular weight is 265 g/mol. The molecule has 1 aliphatic rings. The Labute approximate surface area is 112 Å². The number of aliphatic carboxylic acids is 1. The molecule has 1 aromatic carbocycles. The van der Waals surface area contributed by atoms with Gasteiger partial charge in [0.1, 0.15) is 11.5 Å². The molecule has 0 spiro atoms. The van der Waals surface area contributed by atoms with Crippen LogP contribution < -0.4 is 0 Å². The second-order valence-corrected chi connectivity index (χ2v) is 5.55. The summed E-state index contributed by atoms with van der Waals surface area (Å²) in [4.78, 5) is 13.3. The summed E-state index contributed by atoms with van der Waals surface area (Å²) in [6, 6.07) is 4.43. The molecule has 0 aliphatic carbocycles. The molecule has 1 heterocycles. The summed E-state index contributed by atoms with van der Waals surface area (Å²) in [7, 11) is 0. The van der Waals surface area contributed by atoms with Gasteiger partial charge in [-0.3, -0.25) is 9.69 Å². The standard InChI is InChI=1S/C14H19NO4/c1-9(10-5-11(16)7-12(17)6-10)15-4-3-14(2,8-15)13(18)19/h5-7,9,16-17H,3-4,8H2,1-2H3,(H,18,19). The average Bonchev–Trinajstić information content (AvgIpc) is 2.71. The van der Waals surface area contributed by atoms with E-state index in [1.165, 1.54) is 6.07 Å². The Bertz CT molecular complexity index is 482. The van der Waals surface area contributed by atoms with E-state index in [-0.39, 0.29) is 17.5 Å². The number of phenols is 2. The molecule has 1 saturated heterocycles. The molecule has 2 unspecified atom stereocenters. The third-order valence-corrected chi connectivity index (χ3v) is 3.97. The SMILES string of the molecule is CC(c1cc(O)cc(O)c1)N1CCC(C)(C(=O)O)C1. The minimum atomic E-state index is -0.777. The van der Waals surface area contributed by atoms with Gasteiger partial charge in [-0.1, -0.05) is 0 Å². The van der Waals surface area contributed by atoms with Gasteiger partial charge in [0, 0.05) is 18.7 Å². The van der Waals surface area contributed by atoms with E-state index in [1.54, 1.807) is 19.1 Å². The predicted molar refractivity (Wildman–Crippen MR) is 70.1 cm³/mol. The van der Waals surface area contributed by atoms with E-state index >= 15 is 0 Å². The van der Waals surface area contributed by atoms with Crippen molar-refractivity contribution in [3.05, 3.63) is 23.8 Å². The molecular formula is C14H19NO4. The summed E-state index contributed by atoms with van der Waals surface area (Å²) in [6.45, 7) is 4.87. The third kappa shape index (κ3) is 2.66. The fraction of sp³-hybridized carbons (Fsp3) is 0.500. The van der Waals surface area contributed by atoms with E-state index in [0.717, 1.165) is 5.56 Å². The van der Waals surface area contributed by atoms with Gasteiger partial charge in [-0.05, 0) is 44.5 Å². The Morgan fingerprint density at radius 1 is 1.32 bits per heavy atom. The largest absolute Gasteiger partial charge is 0.508 e. The van der Waals surface area contributed by atoms with Crippen molar-refractivity contribution in [2.75, 3.05) is 13.1 Å². The van der Waals surface area contributed by atoms with Crippen molar-refractivity contribution < 1.29 is 20.1 Å². The summed E-state index contributed by atoms with van der Waals surface area (Å²) in [6.07, 6.45) is 0.609. The Hall–Kier alpha value is -1.75. The van der Waals surface area contributed by atoms with Crippen molar-refractivity contribution in [1.82, 2.24) is 4.90 Å². The van der Waals surface area contributed by atoms with Crippen molar-refractivity contribution in [1.29, 1.82) is 0 Å². The molecule has 2 atom stereocenters. The molecule has 19 heavy (non-hydrogen) atoms. The Kier molecular flexibility index (Phi) is 3.41. The lowest BCUT2D eigenvalue weighted by atomic mass is 9.90. The maximum absolute atomic E-state index is 11.2. The lowest BCUT2D eigenvalue weighted by Gasteiger charge is -2.26. The topological polar surface area (TPSA) is 81.0 Å². The molecular weight excluding hydrogens is 246 g/mol. The first-order chi connectivity index (χ1) is 8.82. The first-order valence-electron chi connectivity index (χ1n) is 6.32. The summed E-state index contributed by atoms with van der Waals surface area (Å²) in [5.41, 5.74) is 0.0692. The minimum Gasteiger partial charge on any atom is -0.508 e. The highest BCUT2D eigenvalue weighted by Gasteiger charge is 2.41. The number of rotatable bonds is 3. The summed E-state index contributed by atoms with van der Waals surface area (Å²) >= 11 is 0. The van der Waals surface area contributed by atoms with Crippen LogP contribution in [0.2, 0.25) is 0 Å². The zero-order valence-corrected chi connectivity index (χ0v) is 11.1. The van der Waals surface area contributed by atoms with Gasteiger partial charge in [0.15, 0.2) is 0 Å². The molecule has 0 aromatic heterocycles. The normalized spacial score (nSPS) is 25.4. The maximum atomic E-state index is 11.2. The van der Waals surface area contributed by atoms with Gasteiger partial charge in [-0.2, -0.15) is 0 Å². The van der Waals surface area contributed by atoms with Gasteiger partial charge in [0.25, 0.3) is 0 Å². The highest BCUT2D eigenvalue weighted by molar-refractivity contribution is 5.74. The van der Waals surface area contributed by atoms with Gasteiger partial charge < -0.3 is 15.3 Å². The molecule has 5 nitrogen and oxygen atoms in total. The van der Waals surface area contributed by atoms with Crippen LogP contribution in [0.3, 0.4) is 0 Å². The minimum absolute atomic E-state index is 0.0158. The number of hydrogen-bond acceptors (Lipinski definition) is 4. The predicted octanol–water partition coefficient (Wildman–Crippen LogP) is 1.96. The van der Waals surface area contributed by atoms with Crippen LogP contribution in [0, 0.1) is 5.41 Å². The number of likely N-dealkylation sites (tertiary alicyclic amines) is 1. The number of carboxylic acids is 1. The van der Waals surface area contributed by atoms with Gasteiger partial charge in [-0.25, -0.2) is 0 Å². The van der Waals surface area contributed by atoms with E-state index in [0.29, 0.717) is 19.5 Å². The van der Waals surface area contributed by atoms with Gasteiger partial charge in [-0.15, -0.1) is 0 Å². The van der Waals surface area contributed by atoms with Crippen molar-refractivity contribution in [3.8, 4) is 11.5 Å². The molecule has 0 amide bonds. The number of benzene rings is 1. The first-order valence-corrected chi connectivity index (χ1v) is 6.32. The lowest BCUT2D eigenvalue weighted by Crippen LogP contribution is -2.32. The second kappa shape index (κ2) is 4.74. The summed E-state index contributed by atoms with van der Waals surface area (Å²) < 4.78 is 0. The number of aromatic hydroxyl groups is 2. The molecule has 1 fully saturated rings. The van der Waals surface area contributed by atoms with E-state index in [1.807, 2.05) is 6.92 Å². The molecule has 1 aliphatic heterocycles. The van der Waals surface area contributed by atoms with Crippen molar-refractivity contribution >= 4 is 5.97 Å². The summed E-state index contributed by atoms with van der Waals surface area (Å²) in [5, 5.41) is 28.2. The van der Waals surface area contributed by atoms with Crippen LogP contribution in [0.5, 0.6) is 11.5 Å². The van der Waals surface area contributed by atoms with Gasteiger partial charge >= 0.3 is 5.97 Å². The number of hydrogen-bond donors (Lipinski definition) is 3. The van der Waals surface area contributed by atoms with E-state index in [2.05, 4.69) is 4.90 Å². The fourth-order valence-electron chi connectivity index (χ4n) is 2.57. The number of carbonyl (C=O) groups is 1. The molecule has 5 heteroatoms. The molecule has 0 bridgehead atoms. The van der Waals surface area contributed by atoms with Gasteiger partial charge in [0.2, 0.25) is 0 Å². The monoisotopic (exact) mass is 265 g/mol. The zero-order valence-electron chi connectivity index (χ0n) is 11.1. The fourth-order valence-corrected chi connectivity index (χ4v) is 2.57. The number of nitrogens with zero attached hydrogens (tertiary/aromatic N) is 1. The molecule has 0 radical (unpaired) electrons. The van der Waals surface area contributed by atoms with Crippen LogP contribution in [0.25, 0.3) is 0 Å². The quantitative estimate of drug-likeness (QED) is 0.778. The highest BCUT2D eigenvalue weighted by Crippen LogP contribution is 2.36. The maximum Gasteiger partial charge on any atom is 0.310 e. The van der Waals surface area contributed by atoms with Crippen molar-refractivity contribution in [2.45, 2.75) is 26.3 Å². The molecule has 3 N–H and O–H groups in total. The van der Waals surface area contributed by atoms with Crippen LogP contribution in [0.4, 0.5) is 0 Å². The van der Waals surface area contributed by atoms with Crippen LogP contribution in [-0.4, -0.2) is 39.3 Å². The number of carboxylic acid groups (broad SMARTS) is 1. The lowest BCUT2D eigenvalue weighted by molar-refractivity contribution is -0.147. The molecule has 0 saturated carbocycles. The highest BCUT2D eigenvalue weighted by atomic mass is 16.4. The Morgan fingerprint density at radius 2 is 1.89 bits per heavy atom. The zero-order chi connectivity index (χ0) is 14.2. The Balaban J connectivity index is 2.17. The van der Waals surface area contributed by atoms with Crippen molar-refractivity contribution in [3.63, 3.8) is 0 Å². The van der Waals surface area contributed by atoms with E-state index < -0.39 is 11.4 Å². The molecule has 104 valence electrons. The van der Waals surface area contributed by atoms with Gasteiger partial charge in [0.05, 0.1) is 5.41 Å². The first kappa shape index (κ1) is 13.7. The van der Waals surface area contributed by atoms with Crippen LogP contribution in [-0.2, 0) is 4.79 Å². The number of phenolic OH excluding ortho intramolecular Hbond substituents is 2. The third-order valence-electron chi connectivity index (χ3n) is 3.97. The van der Waals surface area contributed by atoms with Crippen LogP contribution in [0.15, 0.2) is 18.2 Å². The van der Waals surface area contributed by atoms with Crippen LogP contribution in [0.1, 0.15) is 31.9 Å². The summed E-state index contributed by atoms with van der Waals surface area (Å²) in [5.74, 6) is -0.745. The smallest absolute Gasteiger partial charge is 0.310 e. The van der Waals surface area contributed by atoms with Crippen molar-refractivity contribution in [2.24, 2.45) is 5.41 Å².